The van der Waals surface area contributed by atoms with Crippen LogP contribution in [-0.2, 0) is 16.6 Å². The zero-order valence-electron chi connectivity index (χ0n) is 13.2. The number of rotatable bonds is 2. The van der Waals surface area contributed by atoms with Gasteiger partial charge in [0.05, 0.1) is 0 Å². The van der Waals surface area contributed by atoms with Crippen molar-refractivity contribution in [3.05, 3.63) is 53.7 Å². The molecule has 2 aliphatic rings. The second kappa shape index (κ2) is 5.68. The Balaban J connectivity index is 1.64. The molecule has 2 atom stereocenters. The fourth-order valence-corrected chi connectivity index (χ4v) is 4.75. The summed E-state index contributed by atoms with van der Waals surface area (Å²) in [6, 6.07) is 13.1. The topological polar surface area (TPSA) is 42.0 Å². The van der Waals surface area contributed by atoms with E-state index in [0.717, 1.165) is 24.3 Å². The lowest BCUT2D eigenvalue weighted by Crippen LogP contribution is -2.55. The second-order valence-electron chi connectivity index (χ2n) is 6.67. The number of carbonyl (C=O) groups excluding carboxylic acids is 1. The molecular weight excluding hydrogens is 304 g/mol. The van der Waals surface area contributed by atoms with E-state index in [4.69, 9.17) is 0 Å². The standard InChI is InChI=1S/C19H20N2OS/c1-19-10-9-17(22)21-16(19)8-5-13-12-14(6-7-15(13)19)23-18-4-2-3-11-20-18/h2-4,6-7,11-12,16H,5,8-10H2,1H3,(H,21,22)/t16?,19-/m1/s1. The van der Waals surface area contributed by atoms with Crippen molar-refractivity contribution < 1.29 is 4.79 Å². The van der Waals surface area contributed by atoms with Gasteiger partial charge in [-0.3, -0.25) is 4.79 Å². The number of aryl methyl sites for hydroxylation is 1. The van der Waals surface area contributed by atoms with Crippen LogP contribution in [0.5, 0.6) is 0 Å². The molecule has 3 nitrogen and oxygen atoms in total. The molecule has 0 saturated carbocycles. The van der Waals surface area contributed by atoms with Gasteiger partial charge in [0, 0.05) is 29.0 Å². The summed E-state index contributed by atoms with van der Waals surface area (Å²) in [6.45, 7) is 2.31. The lowest BCUT2D eigenvalue weighted by atomic mass is 9.64. The maximum atomic E-state index is 11.7. The third-order valence-corrected chi connectivity index (χ3v) is 6.17. The molecule has 118 valence electrons. The summed E-state index contributed by atoms with van der Waals surface area (Å²) in [7, 11) is 0. The highest BCUT2D eigenvalue weighted by molar-refractivity contribution is 7.99. The molecular formula is C19H20N2OS. The van der Waals surface area contributed by atoms with Gasteiger partial charge in [-0.05, 0) is 54.7 Å². The number of hydrogen-bond acceptors (Lipinski definition) is 3. The molecule has 4 rings (SSSR count). The van der Waals surface area contributed by atoms with Gasteiger partial charge in [-0.25, -0.2) is 4.98 Å². The average Bonchev–Trinajstić information content (AvgIpc) is 2.56. The zero-order chi connectivity index (χ0) is 15.9. The Labute approximate surface area is 140 Å². The number of aromatic nitrogens is 1. The SMILES string of the molecule is C[C@]12CCC(=O)NC1CCc1cc(Sc3ccccn3)ccc12. The number of nitrogens with one attached hydrogen (secondary N) is 1. The van der Waals surface area contributed by atoms with Gasteiger partial charge in [0.2, 0.25) is 5.91 Å². The van der Waals surface area contributed by atoms with E-state index in [1.165, 1.54) is 16.0 Å². The minimum absolute atomic E-state index is 0.0791. The van der Waals surface area contributed by atoms with Crippen LogP contribution in [0.15, 0.2) is 52.5 Å². The van der Waals surface area contributed by atoms with Gasteiger partial charge >= 0.3 is 0 Å². The summed E-state index contributed by atoms with van der Waals surface area (Å²) in [5.74, 6) is 0.207. The molecule has 4 heteroatoms. The first-order valence-electron chi connectivity index (χ1n) is 8.17. The maximum absolute atomic E-state index is 11.7. The number of amides is 1. The van der Waals surface area contributed by atoms with Crippen molar-refractivity contribution >= 4 is 17.7 Å². The van der Waals surface area contributed by atoms with Crippen LogP contribution >= 0.6 is 11.8 Å². The van der Waals surface area contributed by atoms with Crippen LogP contribution in [0.2, 0.25) is 0 Å². The smallest absolute Gasteiger partial charge is 0.220 e. The number of benzene rings is 1. The van der Waals surface area contributed by atoms with Crippen LogP contribution in [0.3, 0.4) is 0 Å². The fraction of sp³-hybridized carbons (Fsp3) is 0.368. The molecule has 0 radical (unpaired) electrons. The highest BCUT2D eigenvalue weighted by Crippen LogP contribution is 2.44. The summed E-state index contributed by atoms with van der Waals surface area (Å²) >= 11 is 1.71. The van der Waals surface area contributed by atoms with Gasteiger partial charge in [0.25, 0.3) is 0 Å². The Morgan fingerprint density at radius 1 is 1.26 bits per heavy atom. The average molecular weight is 324 g/mol. The van der Waals surface area contributed by atoms with Crippen LogP contribution in [0.4, 0.5) is 0 Å². The van der Waals surface area contributed by atoms with Crippen molar-refractivity contribution in [2.24, 2.45) is 0 Å². The molecule has 0 spiro atoms. The summed E-state index contributed by atoms with van der Waals surface area (Å²) in [5.41, 5.74) is 2.93. The Morgan fingerprint density at radius 2 is 2.17 bits per heavy atom. The third-order valence-electron chi connectivity index (χ3n) is 5.23. The monoisotopic (exact) mass is 324 g/mol. The lowest BCUT2D eigenvalue weighted by Gasteiger charge is -2.46. The molecule has 1 saturated heterocycles. The van der Waals surface area contributed by atoms with Crippen molar-refractivity contribution in [3.8, 4) is 0 Å². The van der Waals surface area contributed by atoms with Crippen LogP contribution in [0.25, 0.3) is 0 Å². The molecule has 1 aliphatic carbocycles. The summed E-state index contributed by atoms with van der Waals surface area (Å²) in [6.07, 6.45) is 5.48. The highest BCUT2D eigenvalue weighted by Gasteiger charge is 2.43. The van der Waals surface area contributed by atoms with Gasteiger partial charge in [-0.15, -0.1) is 0 Å². The summed E-state index contributed by atoms with van der Waals surface area (Å²) in [5, 5.41) is 4.23. The first-order valence-corrected chi connectivity index (χ1v) is 8.98. The molecule has 0 bridgehead atoms. The predicted molar refractivity (Wildman–Crippen MR) is 91.6 cm³/mol. The molecule has 1 aromatic carbocycles. The fourth-order valence-electron chi connectivity index (χ4n) is 3.91. The quantitative estimate of drug-likeness (QED) is 0.915. The third kappa shape index (κ3) is 2.65. The van der Waals surface area contributed by atoms with E-state index in [2.05, 4.69) is 35.4 Å². The van der Waals surface area contributed by atoms with Gasteiger partial charge in [-0.2, -0.15) is 0 Å². The van der Waals surface area contributed by atoms with Crippen molar-refractivity contribution in [3.63, 3.8) is 0 Å². The normalized spacial score (nSPS) is 26.1. The zero-order valence-corrected chi connectivity index (χ0v) is 14.0. The number of fused-ring (bicyclic) bond motifs is 3. The molecule has 2 aromatic rings. The Bertz CT molecular complexity index is 746. The van der Waals surface area contributed by atoms with E-state index in [0.29, 0.717) is 6.42 Å². The predicted octanol–water partition coefficient (Wildman–Crippen LogP) is 3.72. The molecule has 1 aliphatic heterocycles. The van der Waals surface area contributed by atoms with Gasteiger partial charge < -0.3 is 5.32 Å². The Kier molecular flexibility index (Phi) is 3.64. The Morgan fingerprint density at radius 3 is 3.00 bits per heavy atom. The number of nitrogens with zero attached hydrogens (tertiary/aromatic N) is 1. The van der Waals surface area contributed by atoms with E-state index in [-0.39, 0.29) is 17.4 Å². The number of pyridine rings is 1. The minimum Gasteiger partial charge on any atom is -0.352 e. The number of piperidine rings is 1. The molecule has 2 heterocycles. The van der Waals surface area contributed by atoms with E-state index in [1.54, 1.807) is 11.8 Å². The van der Waals surface area contributed by atoms with Crippen molar-refractivity contribution in [1.82, 2.24) is 10.3 Å². The molecule has 1 unspecified atom stereocenters. The second-order valence-corrected chi connectivity index (χ2v) is 7.76. The first kappa shape index (κ1) is 14.8. The molecule has 1 N–H and O–H groups in total. The van der Waals surface area contributed by atoms with E-state index in [9.17, 15) is 4.79 Å². The van der Waals surface area contributed by atoms with Gasteiger partial charge in [0.15, 0.2) is 0 Å². The van der Waals surface area contributed by atoms with E-state index >= 15 is 0 Å². The molecule has 1 amide bonds. The number of carbonyl (C=O) groups is 1. The summed E-state index contributed by atoms with van der Waals surface area (Å²) < 4.78 is 0. The van der Waals surface area contributed by atoms with Crippen LogP contribution < -0.4 is 5.32 Å². The van der Waals surface area contributed by atoms with Gasteiger partial charge in [0.1, 0.15) is 5.03 Å². The van der Waals surface area contributed by atoms with Crippen molar-refractivity contribution in [1.29, 1.82) is 0 Å². The number of hydrogen-bond donors (Lipinski definition) is 1. The lowest BCUT2D eigenvalue weighted by molar-refractivity contribution is -0.125. The summed E-state index contributed by atoms with van der Waals surface area (Å²) in [4.78, 5) is 17.3. The van der Waals surface area contributed by atoms with Crippen LogP contribution in [0, 0.1) is 0 Å². The van der Waals surface area contributed by atoms with Crippen molar-refractivity contribution in [2.75, 3.05) is 0 Å². The van der Waals surface area contributed by atoms with Crippen molar-refractivity contribution in [2.45, 2.75) is 54.0 Å². The largest absolute Gasteiger partial charge is 0.352 e. The molecule has 1 fully saturated rings. The van der Waals surface area contributed by atoms with E-state index < -0.39 is 0 Å². The first-order chi connectivity index (χ1) is 11.1. The van der Waals surface area contributed by atoms with Crippen LogP contribution in [0.1, 0.15) is 37.3 Å². The molecule has 23 heavy (non-hydrogen) atoms. The van der Waals surface area contributed by atoms with Gasteiger partial charge in [-0.1, -0.05) is 30.8 Å². The molecule has 1 aromatic heterocycles. The maximum Gasteiger partial charge on any atom is 0.220 e. The van der Waals surface area contributed by atoms with E-state index in [1.807, 2.05) is 24.4 Å². The highest BCUT2D eigenvalue weighted by atomic mass is 32.2. The Hall–Kier alpha value is -1.81. The van der Waals surface area contributed by atoms with Crippen LogP contribution in [-0.4, -0.2) is 16.9 Å². The minimum atomic E-state index is 0.0791.